The standard InChI is InChI=1S/C26H22O5/c1-3-29-26(28)25(18-10-5-4-6-11-18)30-20-13-14-21-22(16-20)31-23(24(21)27)15-19-12-8-7-9-17(19)2/h4-16,25H,3H2,1-2H3. The number of Topliss-reactive ketones (excluding diaryl/α,β-unsaturated/α-hetero) is 1. The zero-order chi connectivity index (χ0) is 21.8. The summed E-state index contributed by atoms with van der Waals surface area (Å²) < 4.78 is 17.0. The van der Waals surface area contributed by atoms with Crippen molar-refractivity contribution in [3.8, 4) is 11.5 Å². The first kappa shape index (κ1) is 20.4. The summed E-state index contributed by atoms with van der Waals surface area (Å²) in [5.41, 5.74) is 3.10. The van der Waals surface area contributed by atoms with Gasteiger partial charge in [-0.3, -0.25) is 4.79 Å². The molecule has 0 fully saturated rings. The second kappa shape index (κ2) is 8.88. The minimum atomic E-state index is -0.918. The molecule has 1 aliphatic rings. The number of aryl methyl sites for hydroxylation is 1. The van der Waals surface area contributed by atoms with E-state index in [9.17, 15) is 9.59 Å². The van der Waals surface area contributed by atoms with Crippen LogP contribution in [0.2, 0.25) is 0 Å². The summed E-state index contributed by atoms with van der Waals surface area (Å²) in [6.07, 6.45) is 0.821. The van der Waals surface area contributed by atoms with Crippen LogP contribution >= 0.6 is 0 Å². The van der Waals surface area contributed by atoms with Crippen molar-refractivity contribution in [3.63, 3.8) is 0 Å². The Bertz CT molecular complexity index is 1150. The highest BCUT2D eigenvalue weighted by molar-refractivity contribution is 6.14. The average molecular weight is 414 g/mol. The third kappa shape index (κ3) is 4.36. The molecule has 3 aromatic rings. The van der Waals surface area contributed by atoms with Crippen molar-refractivity contribution >= 4 is 17.8 Å². The number of ketones is 1. The zero-order valence-corrected chi connectivity index (χ0v) is 17.3. The highest BCUT2D eigenvalue weighted by Gasteiger charge is 2.29. The van der Waals surface area contributed by atoms with Crippen LogP contribution < -0.4 is 9.47 Å². The monoisotopic (exact) mass is 414 g/mol. The van der Waals surface area contributed by atoms with Gasteiger partial charge in [-0.05, 0) is 43.2 Å². The first-order chi connectivity index (χ1) is 15.1. The highest BCUT2D eigenvalue weighted by Crippen LogP contribution is 2.36. The number of ether oxygens (including phenoxy) is 3. The van der Waals surface area contributed by atoms with Gasteiger partial charge in [-0.1, -0.05) is 54.6 Å². The molecule has 0 bridgehead atoms. The first-order valence-corrected chi connectivity index (χ1v) is 10.1. The Kier molecular flexibility index (Phi) is 5.85. The fourth-order valence-electron chi connectivity index (χ4n) is 3.36. The average Bonchev–Trinajstić information content (AvgIpc) is 3.09. The molecule has 0 saturated carbocycles. The van der Waals surface area contributed by atoms with Gasteiger partial charge in [0, 0.05) is 11.6 Å². The van der Waals surface area contributed by atoms with Gasteiger partial charge in [0.25, 0.3) is 0 Å². The number of carbonyl (C=O) groups is 2. The number of benzene rings is 3. The van der Waals surface area contributed by atoms with Crippen molar-refractivity contribution in [2.45, 2.75) is 20.0 Å². The molecule has 5 nitrogen and oxygen atoms in total. The minimum Gasteiger partial charge on any atom is -0.474 e. The van der Waals surface area contributed by atoms with Crippen molar-refractivity contribution in [1.29, 1.82) is 0 Å². The van der Waals surface area contributed by atoms with Crippen molar-refractivity contribution in [2.24, 2.45) is 0 Å². The van der Waals surface area contributed by atoms with Gasteiger partial charge in [0.05, 0.1) is 12.2 Å². The highest BCUT2D eigenvalue weighted by atomic mass is 16.6. The van der Waals surface area contributed by atoms with Crippen LogP contribution in [0.15, 0.2) is 78.6 Å². The Morgan fingerprint density at radius 1 is 1.03 bits per heavy atom. The second-order valence-corrected chi connectivity index (χ2v) is 7.11. The summed E-state index contributed by atoms with van der Waals surface area (Å²) >= 11 is 0. The Balaban J connectivity index is 1.60. The SMILES string of the molecule is CCOC(=O)C(Oc1ccc2c(c1)OC(=Cc1ccccc1C)C2=O)c1ccccc1. The van der Waals surface area contributed by atoms with Crippen LogP contribution in [0.3, 0.4) is 0 Å². The van der Waals surface area contributed by atoms with Gasteiger partial charge in [-0.2, -0.15) is 0 Å². The molecule has 4 rings (SSSR count). The summed E-state index contributed by atoms with van der Waals surface area (Å²) in [5, 5.41) is 0. The molecule has 0 amide bonds. The number of hydrogen-bond donors (Lipinski definition) is 0. The summed E-state index contributed by atoms with van der Waals surface area (Å²) in [4.78, 5) is 25.2. The molecule has 156 valence electrons. The third-order valence-corrected chi connectivity index (χ3v) is 4.97. The Morgan fingerprint density at radius 3 is 2.52 bits per heavy atom. The van der Waals surface area contributed by atoms with E-state index in [0.717, 1.165) is 11.1 Å². The molecule has 5 heteroatoms. The normalized spacial score (nSPS) is 14.6. The maximum Gasteiger partial charge on any atom is 0.352 e. The molecule has 0 saturated heterocycles. The molecule has 0 aliphatic carbocycles. The van der Waals surface area contributed by atoms with Gasteiger partial charge in [0.15, 0.2) is 5.76 Å². The largest absolute Gasteiger partial charge is 0.474 e. The predicted octanol–water partition coefficient (Wildman–Crippen LogP) is 5.29. The van der Waals surface area contributed by atoms with E-state index in [0.29, 0.717) is 22.6 Å². The quantitative estimate of drug-likeness (QED) is 0.405. The number of fused-ring (bicyclic) bond motifs is 1. The topological polar surface area (TPSA) is 61.8 Å². The zero-order valence-electron chi connectivity index (χ0n) is 17.3. The molecule has 3 aromatic carbocycles. The van der Waals surface area contributed by atoms with E-state index in [1.165, 1.54) is 0 Å². The van der Waals surface area contributed by atoms with Crippen LogP contribution in [0, 0.1) is 6.92 Å². The predicted molar refractivity (Wildman–Crippen MR) is 117 cm³/mol. The van der Waals surface area contributed by atoms with E-state index in [-0.39, 0.29) is 18.1 Å². The van der Waals surface area contributed by atoms with E-state index in [2.05, 4.69) is 0 Å². The lowest BCUT2D eigenvalue weighted by molar-refractivity contribution is -0.151. The van der Waals surface area contributed by atoms with Crippen LogP contribution in [0.25, 0.3) is 6.08 Å². The van der Waals surface area contributed by atoms with Gasteiger partial charge < -0.3 is 14.2 Å². The lowest BCUT2D eigenvalue weighted by Gasteiger charge is -2.18. The smallest absolute Gasteiger partial charge is 0.352 e. The maximum absolute atomic E-state index is 12.8. The number of esters is 1. The fourth-order valence-corrected chi connectivity index (χ4v) is 3.36. The molecule has 0 spiro atoms. The van der Waals surface area contributed by atoms with Gasteiger partial charge >= 0.3 is 5.97 Å². The van der Waals surface area contributed by atoms with E-state index >= 15 is 0 Å². The van der Waals surface area contributed by atoms with Crippen LogP contribution in [0.4, 0.5) is 0 Å². The minimum absolute atomic E-state index is 0.185. The molecule has 31 heavy (non-hydrogen) atoms. The Hall–Kier alpha value is -3.86. The van der Waals surface area contributed by atoms with Crippen molar-refractivity contribution in [1.82, 2.24) is 0 Å². The van der Waals surface area contributed by atoms with Crippen molar-refractivity contribution in [2.75, 3.05) is 6.61 Å². The summed E-state index contributed by atoms with van der Waals surface area (Å²) in [5.74, 6) is 0.399. The molecular formula is C26H22O5. The van der Waals surface area contributed by atoms with Crippen LogP contribution in [-0.2, 0) is 9.53 Å². The molecule has 1 heterocycles. The van der Waals surface area contributed by atoms with Crippen molar-refractivity contribution < 1.29 is 23.8 Å². The molecule has 1 aliphatic heterocycles. The number of allylic oxidation sites excluding steroid dienone is 1. The second-order valence-electron chi connectivity index (χ2n) is 7.11. The van der Waals surface area contributed by atoms with E-state index < -0.39 is 12.1 Å². The summed E-state index contributed by atoms with van der Waals surface area (Å²) in [7, 11) is 0. The lowest BCUT2D eigenvalue weighted by Crippen LogP contribution is -2.21. The first-order valence-electron chi connectivity index (χ1n) is 10.1. The van der Waals surface area contributed by atoms with Crippen molar-refractivity contribution in [3.05, 3.63) is 101 Å². The number of hydrogen-bond acceptors (Lipinski definition) is 5. The lowest BCUT2D eigenvalue weighted by atomic mass is 10.1. The maximum atomic E-state index is 12.8. The molecule has 0 aromatic heterocycles. The van der Waals surface area contributed by atoms with E-state index in [1.54, 1.807) is 43.3 Å². The summed E-state index contributed by atoms with van der Waals surface area (Å²) in [6, 6.07) is 21.8. The third-order valence-electron chi connectivity index (χ3n) is 4.97. The van der Waals surface area contributed by atoms with Gasteiger partial charge in [0.2, 0.25) is 11.9 Å². The van der Waals surface area contributed by atoms with Crippen LogP contribution in [-0.4, -0.2) is 18.4 Å². The van der Waals surface area contributed by atoms with Crippen LogP contribution in [0.1, 0.15) is 40.1 Å². The van der Waals surface area contributed by atoms with Gasteiger partial charge in [-0.25, -0.2) is 4.79 Å². The summed E-state index contributed by atoms with van der Waals surface area (Å²) in [6.45, 7) is 3.97. The molecule has 0 N–H and O–H groups in total. The van der Waals surface area contributed by atoms with E-state index in [4.69, 9.17) is 14.2 Å². The number of rotatable bonds is 6. The Morgan fingerprint density at radius 2 is 1.77 bits per heavy atom. The van der Waals surface area contributed by atoms with Crippen LogP contribution in [0.5, 0.6) is 11.5 Å². The van der Waals surface area contributed by atoms with Gasteiger partial charge in [-0.15, -0.1) is 0 Å². The molecule has 1 atom stereocenters. The van der Waals surface area contributed by atoms with Gasteiger partial charge in [0.1, 0.15) is 11.5 Å². The molecular weight excluding hydrogens is 392 g/mol. The molecule has 1 unspecified atom stereocenters. The number of carbonyl (C=O) groups excluding carboxylic acids is 2. The van der Waals surface area contributed by atoms with E-state index in [1.807, 2.05) is 49.4 Å². The Labute approximate surface area is 180 Å². The molecule has 0 radical (unpaired) electrons. The fraction of sp³-hybridized carbons (Fsp3) is 0.154.